The van der Waals surface area contributed by atoms with Gasteiger partial charge in [0.1, 0.15) is 24.3 Å². The van der Waals surface area contributed by atoms with E-state index in [1.54, 1.807) is 0 Å². The van der Waals surface area contributed by atoms with Crippen LogP contribution in [-0.4, -0.2) is 108 Å². The number of rotatable bonds is 18. The molecule has 0 atom stereocenters. The fraction of sp³-hybridized carbons (Fsp3) is 0.600. The van der Waals surface area contributed by atoms with E-state index in [0.717, 1.165) is 28.8 Å². The van der Waals surface area contributed by atoms with Gasteiger partial charge in [0.2, 0.25) is 0 Å². The highest BCUT2D eigenvalue weighted by molar-refractivity contribution is 6.76. The highest BCUT2D eigenvalue weighted by Crippen LogP contribution is 2.32. The van der Waals surface area contributed by atoms with Gasteiger partial charge < -0.3 is 18.9 Å². The number of piperazine rings is 1. The van der Waals surface area contributed by atoms with Gasteiger partial charge in [-0.3, -0.25) is 19.2 Å². The lowest BCUT2D eigenvalue weighted by Gasteiger charge is -2.34. The number of hydrogen-bond acceptors (Lipinski definition) is 8. The van der Waals surface area contributed by atoms with Crippen LogP contribution in [0.2, 0.25) is 51.4 Å². The lowest BCUT2D eigenvalue weighted by Crippen LogP contribution is -2.49. The van der Waals surface area contributed by atoms with Crippen molar-refractivity contribution in [1.82, 2.24) is 19.4 Å². The van der Waals surface area contributed by atoms with E-state index in [0.29, 0.717) is 75.8 Å². The molecule has 1 aliphatic rings. The molecule has 0 spiro atoms. The zero-order chi connectivity index (χ0) is 35.7. The van der Waals surface area contributed by atoms with Crippen LogP contribution in [0.5, 0.6) is 5.75 Å². The molecule has 0 radical (unpaired) electrons. The smallest absolute Gasteiger partial charge is 0.401 e. The fourth-order valence-corrected chi connectivity index (χ4v) is 6.92. The summed E-state index contributed by atoms with van der Waals surface area (Å²) < 4.78 is 63.6. The normalized spacial score (nSPS) is 15.3. The summed E-state index contributed by atoms with van der Waals surface area (Å²) in [6.45, 7) is 17.6. The van der Waals surface area contributed by atoms with E-state index in [1.807, 2.05) is 36.4 Å². The minimum atomic E-state index is -4.17. The van der Waals surface area contributed by atoms with Crippen LogP contribution in [0.4, 0.5) is 13.2 Å². The summed E-state index contributed by atoms with van der Waals surface area (Å²) in [6.07, 6.45) is -2.66. The van der Waals surface area contributed by atoms with Crippen molar-refractivity contribution >= 4 is 27.1 Å². The molecule has 2 aromatic carbocycles. The molecule has 0 unspecified atom stereocenters. The van der Waals surface area contributed by atoms with E-state index in [4.69, 9.17) is 18.9 Å². The molecule has 0 bridgehead atoms. The summed E-state index contributed by atoms with van der Waals surface area (Å²) in [4.78, 5) is 22.0. The molecule has 1 fully saturated rings. The number of aromatic nitrogens is 2. The fourth-order valence-electron chi connectivity index (χ4n) is 5.41. The Morgan fingerprint density at radius 2 is 1.49 bits per heavy atom. The molecule has 1 saturated heterocycles. The van der Waals surface area contributed by atoms with E-state index in [-0.39, 0.29) is 19.1 Å². The number of fused-ring (bicyclic) bond motifs is 1. The van der Waals surface area contributed by atoms with Crippen LogP contribution in [0, 0.1) is 0 Å². The summed E-state index contributed by atoms with van der Waals surface area (Å²) in [6, 6.07) is 13.6. The van der Waals surface area contributed by atoms with E-state index in [9.17, 15) is 18.0 Å². The first kappa shape index (κ1) is 39.2. The highest BCUT2D eigenvalue weighted by atomic mass is 28.3. The molecule has 0 saturated carbocycles. The second-order valence-electron chi connectivity index (χ2n) is 15.2. The van der Waals surface area contributed by atoms with Gasteiger partial charge in [0.05, 0.1) is 25.1 Å². The maximum absolute atomic E-state index is 13.8. The van der Waals surface area contributed by atoms with Crippen molar-refractivity contribution in [2.75, 3.05) is 65.9 Å². The van der Waals surface area contributed by atoms with Crippen molar-refractivity contribution in [3.8, 4) is 16.9 Å². The summed E-state index contributed by atoms with van der Waals surface area (Å²) in [7, 11) is -2.54. The molecular formula is C35H53F3N4O5Si2. The number of hydrogen-bond donors (Lipinski definition) is 0. The van der Waals surface area contributed by atoms with Gasteiger partial charge in [0.25, 0.3) is 5.56 Å². The van der Waals surface area contributed by atoms with Gasteiger partial charge in [-0.2, -0.15) is 13.2 Å². The minimum absolute atomic E-state index is 0.0445. The third kappa shape index (κ3) is 13.2. The lowest BCUT2D eigenvalue weighted by atomic mass is 9.98. The zero-order valence-corrected chi connectivity index (χ0v) is 31.9. The van der Waals surface area contributed by atoms with Crippen LogP contribution in [-0.2, 0) is 27.5 Å². The maximum atomic E-state index is 13.8. The highest BCUT2D eigenvalue weighted by Gasteiger charge is 2.32. The van der Waals surface area contributed by atoms with Gasteiger partial charge >= 0.3 is 6.18 Å². The van der Waals surface area contributed by atoms with Crippen molar-refractivity contribution in [2.45, 2.75) is 70.9 Å². The van der Waals surface area contributed by atoms with Crippen LogP contribution < -0.4 is 10.3 Å². The monoisotopic (exact) mass is 722 g/mol. The molecule has 9 nitrogen and oxygen atoms in total. The Labute approximate surface area is 290 Å². The van der Waals surface area contributed by atoms with Gasteiger partial charge in [-0.1, -0.05) is 63.5 Å². The van der Waals surface area contributed by atoms with E-state index in [1.165, 1.54) is 15.8 Å². The van der Waals surface area contributed by atoms with Crippen molar-refractivity contribution < 1.29 is 32.1 Å². The predicted octanol–water partition coefficient (Wildman–Crippen LogP) is 6.76. The number of benzene rings is 2. The van der Waals surface area contributed by atoms with Crippen LogP contribution in [0.25, 0.3) is 22.0 Å². The van der Waals surface area contributed by atoms with Gasteiger partial charge in [-0.05, 0) is 40.9 Å². The Hall–Kier alpha value is -2.60. The molecule has 0 aliphatic carbocycles. The number of nitrogens with zero attached hydrogens (tertiary/aromatic N) is 4. The third-order valence-electron chi connectivity index (χ3n) is 8.42. The van der Waals surface area contributed by atoms with Crippen molar-refractivity contribution in [2.24, 2.45) is 0 Å². The first-order valence-electron chi connectivity index (χ1n) is 17.1. The molecule has 1 aromatic heterocycles. The van der Waals surface area contributed by atoms with Gasteiger partial charge in [-0.25, -0.2) is 4.98 Å². The second-order valence-corrected chi connectivity index (χ2v) is 26.4. The lowest BCUT2D eigenvalue weighted by molar-refractivity contribution is -0.149. The molecule has 14 heteroatoms. The van der Waals surface area contributed by atoms with E-state index >= 15 is 0 Å². The molecule has 272 valence electrons. The average Bonchev–Trinajstić information content (AvgIpc) is 3.01. The Morgan fingerprint density at radius 1 is 0.837 bits per heavy atom. The SMILES string of the molecule is C[Si](C)(C)CCOCOc1cc(-c2ccccc2COCCN2CCN(CC(F)(F)F)CC2)cc2c(=O)n(COCC[Si](C)(C)C)cnc12. The quantitative estimate of drug-likeness (QED) is 0.0810. The van der Waals surface area contributed by atoms with Crippen molar-refractivity contribution in [1.29, 1.82) is 0 Å². The van der Waals surface area contributed by atoms with Gasteiger partial charge in [-0.15, -0.1) is 0 Å². The Kier molecular flexibility index (Phi) is 14.0. The average molecular weight is 723 g/mol. The Bertz CT molecular complexity index is 1550. The second kappa shape index (κ2) is 17.6. The van der Waals surface area contributed by atoms with Crippen molar-refractivity contribution in [3.05, 3.63) is 58.6 Å². The molecule has 0 N–H and O–H groups in total. The molecule has 0 amide bonds. The number of ether oxygens (including phenoxy) is 4. The van der Waals surface area contributed by atoms with Crippen LogP contribution in [0.15, 0.2) is 47.5 Å². The molecule has 49 heavy (non-hydrogen) atoms. The zero-order valence-electron chi connectivity index (χ0n) is 29.9. The summed E-state index contributed by atoms with van der Waals surface area (Å²) >= 11 is 0. The maximum Gasteiger partial charge on any atom is 0.401 e. The molecule has 2 heterocycles. The molecule has 4 rings (SSSR count). The van der Waals surface area contributed by atoms with E-state index in [2.05, 4.69) is 49.2 Å². The molecule has 3 aromatic rings. The Morgan fingerprint density at radius 3 is 2.16 bits per heavy atom. The summed E-state index contributed by atoms with van der Waals surface area (Å²) in [5, 5.41) is 0.422. The largest absolute Gasteiger partial charge is 0.465 e. The summed E-state index contributed by atoms with van der Waals surface area (Å²) in [5.41, 5.74) is 2.88. The van der Waals surface area contributed by atoms with Crippen LogP contribution in [0.3, 0.4) is 0 Å². The van der Waals surface area contributed by atoms with Crippen LogP contribution in [0.1, 0.15) is 5.56 Å². The van der Waals surface area contributed by atoms with Crippen LogP contribution >= 0.6 is 0 Å². The first-order valence-corrected chi connectivity index (χ1v) is 24.5. The topological polar surface area (TPSA) is 78.3 Å². The number of alkyl halides is 3. The van der Waals surface area contributed by atoms with Gasteiger partial charge in [0, 0.05) is 62.1 Å². The summed E-state index contributed by atoms with van der Waals surface area (Å²) in [5.74, 6) is 0.463. The van der Waals surface area contributed by atoms with Gasteiger partial charge in [0.15, 0.2) is 6.79 Å². The van der Waals surface area contributed by atoms with Crippen molar-refractivity contribution in [3.63, 3.8) is 0 Å². The third-order valence-corrected chi connectivity index (χ3v) is 11.8. The standard InChI is InChI=1S/C35H53F3N4O5Si2/c1-48(2,3)19-17-45-26-42-25-39-33-31(34(42)43)21-29(22-32(33)47-27-46-18-20-49(4,5)6)30-10-8-7-9-28(30)23-44-16-15-40-11-13-41(14-12-40)24-35(36,37)38/h7-10,21-22,25H,11-20,23-24,26-27H2,1-6H3. The Balaban J connectivity index is 1.48. The number of halogens is 3. The molecule has 1 aliphatic heterocycles. The molecular weight excluding hydrogens is 670 g/mol. The minimum Gasteiger partial charge on any atom is -0.465 e. The predicted molar refractivity (Wildman–Crippen MR) is 194 cm³/mol. The van der Waals surface area contributed by atoms with E-state index < -0.39 is 28.9 Å². The first-order chi connectivity index (χ1) is 23.1.